The third-order valence-corrected chi connectivity index (χ3v) is 3.63. The van der Waals surface area contributed by atoms with E-state index in [4.69, 9.17) is 15.2 Å². The van der Waals surface area contributed by atoms with E-state index in [0.717, 1.165) is 38.4 Å². The van der Waals surface area contributed by atoms with Crippen LogP contribution in [0, 0.1) is 5.92 Å². The molecule has 3 N–H and O–H groups in total. The highest BCUT2D eigenvalue weighted by Crippen LogP contribution is 2.20. The molecule has 1 fully saturated rings. The summed E-state index contributed by atoms with van der Waals surface area (Å²) in [6, 6.07) is 7.70. The lowest BCUT2D eigenvalue weighted by molar-refractivity contribution is 0.122. The average molecular weight is 334 g/mol. The summed E-state index contributed by atoms with van der Waals surface area (Å²) in [7, 11) is 0. The number of guanidine groups is 1. The van der Waals surface area contributed by atoms with Crippen LogP contribution in [-0.4, -0.2) is 45.0 Å². The van der Waals surface area contributed by atoms with Gasteiger partial charge in [0, 0.05) is 18.8 Å². The van der Waals surface area contributed by atoms with E-state index in [1.807, 2.05) is 24.3 Å². The molecular formula is C17H26N4O3. The van der Waals surface area contributed by atoms with Gasteiger partial charge in [0.25, 0.3) is 0 Å². The van der Waals surface area contributed by atoms with Crippen LogP contribution in [0.25, 0.3) is 0 Å². The molecule has 0 atom stereocenters. The molecule has 0 aliphatic carbocycles. The maximum Gasteiger partial charge on any atom is 0.413 e. The van der Waals surface area contributed by atoms with E-state index in [1.54, 1.807) is 0 Å². The minimum absolute atomic E-state index is 0.0173. The normalized spacial score (nSPS) is 15.5. The Morgan fingerprint density at radius 2 is 2.00 bits per heavy atom. The summed E-state index contributed by atoms with van der Waals surface area (Å²) in [5, 5.41) is 2.42. The first-order valence-corrected chi connectivity index (χ1v) is 8.25. The lowest BCUT2D eigenvalue weighted by Crippen LogP contribution is -2.37. The highest BCUT2D eigenvalue weighted by Gasteiger charge is 2.11. The Bertz CT molecular complexity index is 551. The fraction of sp³-hybridized carbons (Fsp3) is 0.529. The predicted molar refractivity (Wildman–Crippen MR) is 94.7 cm³/mol. The summed E-state index contributed by atoms with van der Waals surface area (Å²) >= 11 is 0. The van der Waals surface area contributed by atoms with Crippen LogP contribution < -0.4 is 16.0 Å². The standard InChI is InChI=1S/C17H26N4O3/c1-13(2)7-10-24-17(22)20-16(18)19-14-3-5-15(6-4-14)21-8-11-23-12-9-21/h3-6,13H,7-12H2,1-2H3,(H3,18,19,20,22). The van der Waals surface area contributed by atoms with Crippen molar-refractivity contribution in [1.29, 1.82) is 0 Å². The number of rotatable bonds is 5. The van der Waals surface area contributed by atoms with Crippen molar-refractivity contribution >= 4 is 23.4 Å². The molecule has 0 unspecified atom stereocenters. The van der Waals surface area contributed by atoms with Gasteiger partial charge in [0.2, 0.25) is 5.96 Å². The van der Waals surface area contributed by atoms with Crippen LogP contribution in [0.15, 0.2) is 29.3 Å². The number of hydrogen-bond donors (Lipinski definition) is 2. The first-order valence-electron chi connectivity index (χ1n) is 8.25. The van der Waals surface area contributed by atoms with Gasteiger partial charge in [-0.15, -0.1) is 0 Å². The van der Waals surface area contributed by atoms with Crippen LogP contribution in [0.4, 0.5) is 16.2 Å². The fourth-order valence-corrected chi connectivity index (χ4v) is 2.25. The molecule has 0 radical (unpaired) electrons. The van der Waals surface area contributed by atoms with Gasteiger partial charge in [-0.3, -0.25) is 5.32 Å². The Morgan fingerprint density at radius 1 is 1.33 bits per heavy atom. The number of aliphatic imine (C=N–C) groups is 1. The van der Waals surface area contributed by atoms with Gasteiger partial charge in [0.1, 0.15) is 0 Å². The smallest absolute Gasteiger partial charge is 0.413 e. The molecule has 1 aromatic rings. The SMILES string of the molecule is CC(C)CCOC(=O)NC(N)=Nc1ccc(N2CCOCC2)cc1. The topological polar surface area (TPSA) is 89.2 Å². The highest BCUT2D eigenvalue weighted by atomic mass is 16.5. The first kappa shape index (κ1) is 18.1. The molecular weight excluding hydrogens is 308 g/mol. The number of nitrogens with one attached hydrogen (secondary N) is 1. The molecule has 24 heavy (non-hydrogen) atoms. The number of benzene rings is 1. The van der Waals surface area contributed by atoms with E-state index in [0.29, 0.717) is 18.2 Å². The number of alkyl carbamates (subject to hydrolysis) is 1. The molecule has 1 heterocycles. The van der Waals surface area contributed by atoms with Gasteiger partial charge in [-0.25, -0.2) is 9.79 Å². The number of nitrogens with two attached hydrogens (primary N) is 1. The van der Waals surface area contributed by atoms with Gasteiger partial charge >= 0.3 is 6.09 Å². The van der Waals surface area contributed by atoms with Crippen LogP contribution in [0.3, 0.4) is 0 Å². The number of carbonyl (C=O) groups excluding carboxylic acids is 1. The molecule has 0 saturated carbocycles. The summed E-state index contributed by atoms with van der Waals surface area (Å²) in [5.41, 5.74) is 7.53. The molecule has 2 rings (SSSR count). The number of anilines is 1. The highest BCUT2D eigenvalue weighted by molar-refractivity contribution is 5.94. The van der Waals surface area contributed by atoms with Crippen molar-refractivity contribution in [1.82, 2.24) is 5.32 Å². The van der Waals surface area contributed by atoms with Crippen molar-refractivity contribution in [3.05, 3.63) is 24.3 Å². The summed E-state index contributed by atoms with van der Waals surface area (Å²) in [6.07, 6.45) is 0.231. The van der Waals surface area contributed by atoms with Crippen molar-refractivity contribution in [3.8, 4) is 0 Å². The lowest BCUT2D eigenvalue weighted by atomic mass is 10.1. The third kappa shape index (κ3) is 6.08. The van der Waals surface area contributed by atoms with E-state index < -0.39 is 6.09 Å². The van der Waals surface area contributed by atoms with Gasteiger partial charge in [-0.05, 0) is 36.6 Å². The zero-order valence-corrected chi connectivity index (χ0v) is 14.3. The van der Waals surface area contributed by atoms with E-state index in [1.165, 1.54) is 0 Å². The zero-order valence-electron chi connectivity index (χ0n) is 14.3. The summed E-state index contributed by atoms with van der Waals surface area (Å²) in [6.45, 7) is 7.76. The van der Waals surface area contributed by atoms with Gasteiger partial charge in [-0.1, -0.05) is 13.8 Å². The second-order valence-electron chi connectivity index (χ2n) is 6.06. The summed E-state index contributed by atoms with van der Waals surface area (Å²) in [5.74, 6) is 0.498. The Kier molecular flexibility index (Phi) is 6.87. The van der Waals surface area contributed by atoms with Crippen LogP contribution in [-0.2, 0) is 9.47 Å². The van der Waals surface area contributed by atoms with E-state index in [9.17, 15) is 4.79 Å². The molecule has 132 valence electrons. The molecule has 1 aliphatic heterocycles. The van der Waals surface area contributed by atoms with Crippen molar-refractivity contribution in [3.63, 3.8) is 0 Å². The Balaban J connectivity index is 1.84. The largest absolute Gasteiger partial charge is 0.449 e. The van der Waals surface area contributed by atoms with Gasteiger partial charge in [-0.2, -0.15) is 0 Å². The Labute approximate surface area is 142 Å². The predicted octanol–water partition coefficient (Wildman–Crippen LogP) is 2.24. The van der Waals surface area contributed by atoms with E-state index in [-0.39, 0.29) is 5.96 Å². The molecule has 1 aromatic carbocycles. The van der Waals surface area contributed by atoms with Crippen molar-refractivity contribution in [2.45, 2.75) is 20.3 Å². The molecule has 7 heteroatoms. The van der Waals surface area contributed by atoms with Crippen molar-refractivity contribution in [2.24, 2.45) is 16.6 Å². The quantitative estimate of drug-likeness (QED) is 0.637. The van der Waals surface area contributed by atoms with Gasteiger partial charge in [0.05, 0.1) is 25.5 Å². The summed E-state index contributed by atoms with van der Waals surface area (Å²) < 4.78 is 10.4. The minimum Gasteiger partial charge on any atom is -0.449 e. The molecule has 7 nitrogen and oxygen atoms in total. The van der Waals surface area contributed by atoms with Crippen LogP contribution in [0.2, 0.25) is 0 Å². The molecule has 0 spiro atoms. The molecule has 0 bridgehead atoms. The minimum atomic E-state index is -0.582. The second-order valence-corrected chi connectivity index (χ2v) is 6.06. The molecule has 1 saturated heterocycles. The number of amides is 1. The van der Waals surface area contributed by atoms with Crippen molar-refractivity contribution < 1.29 is 14.3 Å². The molecule has 0 aromatic heterocycles. The Hall–Kier alpha value is -2.28. The van der Waals surface area contributed by atoms with Crippen LogP contribution in [0.5, 0.6) is 0 Å². The van der Waals surface area contributed by atoms with Crippen molar-refractivity contribution in [2.75, 3.05) is 37.8 Å². The number of morpholine rings is 1. The number of ether oxygens (including phenoxy) is 2. The Morgan fingerprint density at radius 3 is 2.62 bits per heavy atom. The molecule has 1 amide bonds. The monoisotopic (exact) mass is 334 g/mol. The zero-order chi connectivity index (χ0) is 17.4. The van der Waals surface area contributed by atoms with Gasteiger partial charge in [0.15, 0.2) is 0 Å². The average Bonchev–Trinajstić information content (AvgIpc) is 2.56. The second kappa shape index (κ2) is 9.12. The first-order chi connectivity index (χ1) is 11.5. The maximum absolute atomic E-state index is 11.6. The summed E-state index contributed by atoms with van der Waals surface area (Å²) in [4.78, 5) is 18.0. The number of carbonyl (C=O) groups is 1. The third-order valence-electron chi connectivity index (χ3n) is 3.63. The van der Waals surface area contributed by atoms with Gasteiger partial charge < -0.3 is 20.1 Å². The molecule has 1 aliphatic rings. The van der Waals surface area contributed by atoms with E-state index in [2.05, 4.69) is 29.1 Å². The fourth-order valence-electron chi connectivity index (χ4n) is 2.25. The maximum atomic E-state index is 11.6. The van der Waals surface area contributed by atoms with Crippen LogP contribution in [0.1, 0.15) is 20.3 Å². The number of hydrogen-bond acceptors (Lipinski definition) is 5. The number of nitrogens with zero attached hydrogens (tertiary/aromatic N) is 2. The van der Waals surface area contributed by atoms with Crippen LogP contribution >= 0.6 is 0 Å². The van der Waals surface area contributed by atoms with E-state index >= 15 is 0 Å². The lowest BCUT2D eigenvalue weighted by Gasteiger charge is -2.28.